The minimum absolute atomic E-state index is 1.05. The molecule has 0 aliphatic heterocycles. The van der Waals surface area contributed by atoms with E-state index in [2.05, 4.69) is 36.8 Å². The van der Waals surface area contributed by atoms with Crippen molar-refractivity contribution in [1.82, 2.24) is 4.98 Å². The minimum Gasteiger partial charge on any atom is -0.265 e. The second-order valence-corrected chi connectivity index (χ2v) is 2.99. The standard InChI is InChI=1S/C5H5N.C2H4Br2/c1-2-4-6-5-3-1;3-1-2-4/h1-5H;1-2H2. The van der Waals surface area contributed by atoms with Crippen LogP contribution in [0, 0.1) is 0 Å². The summed E-state index contributed by atoms with van der Waals surface area (Å²) in [6.45, 7) is 0. The van der Waals surface area contributed by atoms with Crippen LogP contribution in [0.25, 0.3) is 0 Å². The zero-order valence-electron chi connectivity index (χ0n) is 5.50. The van der Waals surface area contributed by atoms with Gasteiger partial charge in [0.2, 0.25) is 0 Å². The fourth-order valence-electron chi connectivity index (χ4n) is 0.313. The number of aromatic nitrogens is 1. The smallest absolute Gasteiger partial charge is 0.0267 e. The molecule has 0 spiro atoms. The minimum atomic E-state index is 1.05. The maximum atomic E-state index is 3.78. The van der Waals surface area contributed by atoms with Crippen molar-refractivity contribution in [3.8, 4) is 0 Å². The summed E-state index contributed by atoms with van der Waals surface area (Å²) in [6, 6.07) is 5.72. The molecule has 0 saturated heterocycles. The van der Waals surface area contributed by atoms with Crippen molar-refractivity contribution in [1.29, 1.82) is 0 Å². The highest BCUT2D eigenvalue weighted by Gasteiger charge is 1.60. The van der Waals surface area contributed by atoms with Crippen molar-refractivity contribution in [2.45, 2.75) is 0 Å². The number of halogens is 2. The lowest BCUT2D eigenvalue weighted by Gasteiger charge is -1.70. The van der Waals surface area contributed by atoms with Gasteiger partial charge < -0.3 is 0 Å². The summed E-state index contributed by atoms with van der Waals surface area (Å²) in [6.07, 6.45) is 3.50. The Balaban J connectivity index is 0.000000180. The van der Waals surface area contributed by atoms with E-state index in [1.807, 2.05) is 18.2 Å². The molecular weight excluding hydrogens is 258 g/mol. The van der Waals surface area contributed by atoms with Crippen molar-refractivity contribution >= 4 is 31.9 Å². The molecule has 0 radical (unpaired) electrons. The van der Waals surface area contributed by atoms with E-state index < -0.39 is 0 Å². The molecule has 0 bridgehead atoms. The van der Waals surface area contributed by atoms with Crippen molar-refractivity contribution in [3.05, 3.63) is 30.6 Å². The first-order valence-corrected chi connectivity index (χ1v) is 5.13. The molecule has 10 heavy (non-hydrogen) atoms. The van der Waals surface area contributed by atoms with Gasteiger partial charge in [0, 0.05) is 23.1 Å². The van der Waals surface area contributed by atoms with Gasteiger partial charge in [-0.3, -0.25) is 4.98 Å². The Morgan fingerprint density at radius 3 is 1.50 bits per heavy atom. The van der Waals surface area contributed by atoms with Gasteiger partial charge in [-0.25, -0.2) is 0 Å². The summed E-state index contributed by atoms with van der Waals surface area (Å²) in [7, 11) is 0. The lowest BCUT2D eigenvalue weighted by molar-refractivity contribution is 1.33. The zero-order valence-corrected chi connectivity index (χ0v) is 8.68. The normalized spacial score (nSPS) is 7.80. The third-order valence-corrected chi connectivity index (χ3v) is 2.50. The van der Waals surface area contributed by atoms with Gasteiger partial charge in [-0.1, -0.05) is 37.9 Å². The molecule has 0 fully saturated rings. The summed E-state index contributed by atoms with van der Waals surface area (Å²) in [5, 5.41) is 2.10. The Bertz CT molecular complexity index is 104. The molecule has 1 aromatic heterocycles. The molecule has 1 nitrogen and oxygen atoms in total. The molecule has 3 heteroatoms. The molecule has 0 aliphatic rings. The fourth-order valence-corrected chi connectivity index (χ4v) is 0.313. The fraction of sp³-hybridized carbons (Fsp3) is 0.286. The van der Waals surface area contributed by atoms with Gasteiger partial charge in [-0.2, -0.15) is 0 Å². The predicted molar refractivity (Wildman–Crippen MR) is 51.8 cm³/mol. The largest absolute Gasteiger partial charge is 0.265 e. The van der Waals surface area contributed by atoms with Crippen LogP contribution in [0.5, 0.6) is 0 Å². The number of alkyl halides is 2. The number of rotatable bonds is 1. The molecule has 0 unspecified atom stereocenters. The molecule has 56 valence electrons. The van der Waals surface area contributed by atoms with Crippen LogP contribution in [0.1, 0.15) is 0 Å². The lowest BCUT2D eigenvalue weighted by atomic mass is 10.5. The molecule has 1 rings (SSSR count). The second kappa shape index (κ2) is 9.11. The van der Waals surface area contributed by atoms with Gasteiger partial charge in [-0.05, 0) is 12.1 Å². The Morgan fingerprint density at radius 1 is 0.900 bits per heavy atom. The van der Waals surface area contributed by atoms with Crippen LogP contribution < -0.4 is 0 Å². The van der Waals surface area contributed by atoms with Gasteiger partial charge in [-0.15, -0.1) is 0 Å². The van der Waals surface area contributed by atoms with Gasteiger partial charge in [0.1, 0.15) is 0 Å². The van der Waals surface area contributed by atoms with Gasteiger partial charge >= 0.3 is 0 Å². The molecule has 0 N–H and O–H groups in total. The van der Waals surface area contributed by atoms with E-state index in [9.17, 15) is 0 Å². The van der Waals surface area contributed by atoms with Crippen molar-refractivity contribution in [2.75, 3.05) is 10.7 Å². The molecule has 0 aliphatic carbocycles. The summed E-state index contributed by atoms with van der Waals surface area (Å²) in [5.74, 6) is 0. The molecule has 1 aromatic rings. The zero-order chi connectivity index (χ0) is 7.66. The number of hydrogen-bond donors (Lipinski definition) is 0. The third-order valence-electron chi connectivity index (χ3n) is 0.638. The Morgan fingerprint density at radius 2 is 1.40 bits per heavy atom. The summed E-state index contributed by atoms with van der Waals surface area (Å²) < 4.78 is 0. The van der Waals surface area contributed by atoms with Crippen LogP contribution in [0.4, 0.5) is 0 Å². The first kappa shape index (κ1) is 10.1. The summed E-state index contributed by atoms with van der Waals surface area (Å²) >= 11 is 6.40. The predicted octanol–water partition coefficient (Wildman–Crippen LogP) is 2.86. The number of hydrogen-bond acceptors (Lipinski definition) is 1. The van der Waals surface area contributed by atoms with E-state index in [-0.39, 0.29) is 0 Å². The van der Waals surface area contributed by atoms with Gasteiger partial charge in [0.25, 0.3) is 0 Å². The SMILES string of the molecule is BrCCBr.c1ccncc1. The van der Waals surface area contributed by atoms with Crippen LogP contribution >= 0.6 is 31.9 Å². The molecule has 0 atom stereocenters. The Hall–Kier alpha value is 0.110. The molecule has 0 aromatic carbocycles. The Labute approximate surface area is 78.1 Å². The average Bonchev–Trinajstić information content (AvgIpc) is 2.08. The molecule has 0 amide bonds. The van der Waals surface area contributed by atoms with Crippen LogP contribution in [0.2, 0.25) is 0 Å². The van der Waals surface area contributed by atoms with E-state index in [4.69, 9.17) is 0 Å². The van der Waals surface area contributed by atoms with Gasteiger partial charge in [0.15, 0.2) is 0 Å². The quantitative estimate of drug-likeness (QED) is 0.713. The van der Waals surface area contributed by atoms with E-state index >= 15 is 0 Å². The van der Waals surface area contributed by atoms with Crippen molar-refractivity contribution in [2.24, 2.45) is 0 Å². The van der Waals surface area contributed by atoms with E-state index in [1.165, 1.54) is 0 Å². The van der Waals surface area contributed by atoms with Crippen molar-refractivity contribution < 1.29 is 0 Å². The number of pyridine rings is 1. The van der Waals surface area contributed by atoms with Crippen LogP contribution in [-0.4, -0.2) is 15.6 Å². The highest BCUT2D eigenvalue weighted by molar-refractivity contribution is 9.11. The topological polar surface area (TPSA) is 12.9 Å². The molecule has 1 heterocycles. The number of nitrogens with zero attached hydrogens (tertiary/aromatic N) is 1. The van der Waals surface area contributed by atoms with Gasteiger partial charge in [0.05, 0.1) is 0 Å². The Kier molecular flexibility index (Phi) is 9.21. The lowest BCUT2D eigenvalue weighted by Crippen LogP contribution is -1.61. The average molecular weight is 267 g/mol. The van der Waals surface area contributed by atoms with Crippen LogP contribution in [0.3, 0.4) is 0 Å². The monoisotopic (exact) mass is 265 g/mol. The van der Waals surface area contributed by atoms with E-state index in [0.717, 1.165) is 10.7 Å². The summed E-state index contributed by atoms with van der Waals surface area (Å²) in [5.41, 5.74) is 0. The van der Waals surface area contributed by atoms with E-state index in [1.54, 1.807) is 12.4 Å². The first-order valence-electron chi connectivity index (χ1n) is 2.88. The highest BCUT2D eigenvalue weighted by Crippen LogP contribution is 1.82. The molecular formula is C7H9Br2N. The second-order valence-electron chi connectivity index (χ2n) is 1.40. The van der Waals surface area contributed by atoms with Crippen LogP contribution in [-0.2, 0) is 0 Å². The third kappa shape index (κ3) is 8.11. The van der Waals surface area contributed by atoms with Crippen LogP contribution in [0.15, 0.2) is 30.6 Å². The maximum absolute atomic E-state index is 3.78. The highest BCUT2D eigenvalue weighted by atomic mass is 79.9. The first-order chi connectivity index (χ1) is 4.91. The molecule has 0 saturated carbocycles. The van der Waals surface area contributed by atoms with E-state index in [0.29, 0.717) is 0 Å². The maximum Gasteiger partial charge on any atom is 0.0267 e. The van der Waals surface area contributed by atoms with Crippen molar-refractivity contribution in [3.63, 3.8) is 0 Å². The summed E-state index contributed by atoms with van der Waals surface area (Å²) in [4.78, 5) is 3.78.